The maximum atomic E-state index is 10.5. The third kappa shape index (κ3) is 2.68. The third-order valence-corrected chi connectivity index (χ3v) is 3.55. The Labute approximate surface area is 79.7 Å². The zero-order valence-corrected chi connectivity index (χ0v) is 8.58. The lowest BCUT2D eigenvalue weighted by Gasteiger charge is -2.35. The molecule has 3 nitrogen and oxygen atoms in total. The first-order valence-electron chi connectivity index (χ1n) is 5.20. The van der Waals surface area contributed by atoms with E-state index >= 15 is 0 Å². The molecule has 0 saturated heterocycles. The predicted molar refractivity (Wildman–Crippen MR) is 52.2 cm³/mol. The lowest BCUT2D eigenvalue weighted by molar-refractivity contribution is -0.499. The van der Waals surface area contributed by atoms with Crippen LogP contribution in [0.25, 0.3) is 0 Å². The van der Waals surface area contributed by atoms with E-state index in [9.17, 15) is 10.1 Å². The van der Waals surface area contributed by atoms with Crippen LogP contribution in [0, 0.1) is 21.4 Å². The number of hydrogen-bond donors (Lipinski definition) is 0. The molecule has 1 fully saturated rings. The molecule has 1 saturated carbocycles. The fourth-order valence-electron chi connectivity index (χ4n) is 2.27. The van der Waals surface area contributed by atoms with Crippen molar-refractivity contribution in [3.8, 4) is 0 Å². The summed E-state index contributed by atoms with van der Waals surface area (Å²) in [6, 6.07) is 0. The van der Waals surface area contributed by atoms with Gasteiger partial charge in [0.15, 0.2) is 0 Å². The highest BCUT2D eigenvalue weighted by Crippen LogP contribution is 2.41. The Kier molecular flexibility index (Phi) is 3.28. The Morgan fingerprint density at radius 2 is 2.00 bits per heavy atom. The van der Waals surface area contributed by atoms with Crippen molar-refractivity contribution in [1.82, 2.24) is 0 Å². The normalized spacial score (nSPS) is 34.5. The van der Waals surface area contributed by atoms with Gasteiger partial charge in [-0.15, -0.1) is 0 Å². The average molecular weight is 185 g/mol. The molecule has 1 aliphatic carbocycles. The van der Waals surface area contributed by atoms with E-state index in [1.54, 1.807) is 0 Å². The van der Waals surface area contributed by atoms with Crippen molar-refractivity contribution >= 4 is 0 Å². The van der Waals surface area contributed by atoms with Crippen LogP contribution in [0.15, 0.2) is 0 Å². The minimum atomic E-state index is -0.139. The summed E-state index contributed by atoms with van der Waals surface area (Å²) in [5.74, 6) is 0.770. The average Bonchev–Trinajstić information content (AvgIpc) is 2.09. The molecule has 0 aromatic heterocycles. The van der Waals surface area contributed by atoms with Gasteiger partial charge in [-0.25, -0.2) is 0 Å². The number of hydrogen-bond acceptors (Lipinski definition) is 2. The smallest absolute Gasteiger partial charge is 0.209 e. The highest BCUT2D eigenvalue weighted by Gasteiger charge is 2.36. The lowest BCUT2D eigenvalue weighted by atomic mass is 9.69. The summed E-state index contributed by atoms with van der Waals surface area (Å²) in [6.07, 6.45) is 5.39. The van der Waals surface area contributed by atoms with E-state index in [-0.39, 0.29) is 16.9 Å². The first-order valence-corrected chi connectivity index (χ1v) is 5.20. The lowest BCUT2D eigenvalue weighted by Crippen LogP contribution is -2.33. The Bertz CT molecular complexity index is 183. The van der Waals surface area contributed by atoms with Crippen molar-refractivity contribution in [3.05, 3.63) is 10.1 Å². The maximum absolute atomic E-state index is 10.5. The van der Waals surface area contributed by atoms with Crippen LogP contribution in [0.2, 0.25) is 0 Å². The van der Waals surface area contributed by atoms with E-state index < -0.39 is 0 Å². The fraction of sp³-hybridized carbons (Fsp3) is 1.00. The Morgan fingerprint density at radius 1 is 1.46 bits per heavy atom. The molecule has 76 valence electrons. The number of nitro groups is 1. The van der Waals surface area contributed by atoms with Gasteiger partial charge in [-0.2, -0.15) is 0 Å². The summed E-state index contributed by atoms with van der Waals surface area (Å²) < 4.78 is 0. The monoisotopic (exact) mass is 185 g/mol. The highest BCUT2D eigenvalue weighted by molar-refractivity contribution is 4.83. The van der Waals surface area contributed by atoms with E-state index in [1.165, 1.54) is 12.8 Å². The molecule has 13 heavy (non-hydrogen) atoms. The number of nitrogens with zero attached hydrogens (tertiary/aromatic N) is 1. The van der Waals surface area contributed by atoms with Gasteiger partial charge in [-0.3, -0.25) is 10.1 Å². The van der Waals surface area contributed by atoms with Crippen LogP contribution in [0.1, 0.15) is 46.0 Å². The maximum Gasteiger partial charge on any atom is 0.209 e. The van der Waals surface area contributed by atoms with Crippen molar-refractivity contribution in [1.29, 1.82) is 0 Å². The number of rotatable bonds is 3. The van der Waals surface area contributed by atoms with E-state index in [0.717, 1.165) is 25.2 Å². The van der Waals surface area contributed by atoms with Gasteiger partial charge < -0.3 is 0 Å². The van der Waals surface area contributed by atoms with Crippen LogP contribution in [-0.4, -0.2) is 11.5 Å². The van der Waals surface area contributed by atoms with Gasteiger partial charge in [0.1, 0.15) is 0 Å². The van der Waals surface area contributed by atoms with Crippen LogP contribution >= 0.6 is 0 Å². The molecule has 0 bridgehead atoms. The van der Waals surface area contributed by atoms with Gasteiger partial charge in [-0.05, 0) is 38.0 Å². The van der Waals surface area contributed by atoms with Gasteiger partial charge in [0.25, 0.3) is 0 Å². The molecule has 0 radical (unpaired) electrons. The van der Waals surface area contributed by atoms with Gasteiger partial charge in [0.2, 0.25) is 6.54 Å². The van der Waals surface area contributed by atoms with Gasteiger partial charge in [0, 0.05) is 10.3 Å². The summed E-state index contributed by atoms with van der Waals surface area (Å²) in [5, 5.41) is 10.5. The summed E-state index contributed by atoms with van der Waals surface area (Å²) in [6.45, 7) is 4.50. The highest BCUT2D eigenvalue weighted by atomic mass is 16.6. The van der Waals surface area contributed by atoms with Crippen LogP contribution < -0.4 is 0 Å². The second kappa shape index (κ2) is 4.07. The molecule has 0 amide bonds. The molecule has 0 heterocycles. The first-order chi connectivity index (χ1) is 6.08. The van der Waals surface area contributed by atoms with Crippen LogP contribution in [0.4, 0.5) is 0 Å². The zero-order chi connectivity index (χ0) is 9.90. The van der Waals surface area contributed by atoms with Gasteiger partial charge in [-0.1, -0.05) is 13.8 Å². The van der Waals surface area contributed by atoms with Crippen molar-refractivity contribution in [2.45, 2.75) is 46.0 Å². The predicted octanol–water partition coefficient (Wildman–Crippen LogP) is 2.87. The SMILES string of the molecule is CCC1(C[N+](=O)[O-])CCC(C)CC1. The Morgan fingerprint density at radius 3 is 2.38 bits per heavy atom. The molecule has 0 unspecified atom stereocenters. The summed E-state index contributed by atoms with van der Waals surface area (Å²) in [4.78, 5) is 10.4. The van der Waals surface area contributed by atoms with E-state index in [1.807, 2.05) is 0 Å². The quantitative estimate of drug-likeness (QED) is 0.501. The van der Waals surface area contributed by atoms with E-state index in [2.05, 4.69) is 13.8 Å². The molecule has 1 aliphatic rings. The third-order valence-electron chi connectivity index (χ3n) is 3.55. The first kappa shape index (κ1) is 10.5. The summed E-state index contributed by atoms with van der Waals surface area (Å²) in [5.41, 5.74) is 0.0238. The molecule has 0 aromatic rings. The molecular formula is C10H19NO2. The molecule has 0 atom stereocenters. The Balaban J connectivity index is 2.55. The van der Waals surface area contributed by atoms with E-state index in [4.69, 9.17) is 0 Å². The van der Waals surface area contributed by atoms with Crippen molar-refractivity contribution < 1.29 is 4.92 Å². The minimum Gasteiger partial charge on any atom is -0.265 e. The topological polar surface area (TPSA) is 43.1 Å². The Hall–Kier alpha value is -0.600. The molecule has 0 spiro atoms. The molecule has 3 heteroatoms. The second-order valence-electron chi connectivity index (χ2n) is 4.53. The van der Waals surface area contributed by atoms with Gasteiger partial charge >= 0.3 is 0 Å². The van der Waals surface area contributed by atoms with Gasteiger partial charge in [0.05, 0.1) is 0 Å². The van der Waals surface area contributed by atoms with Crippen molar-refractivity contribution in [3.63, 3.8) is 0 Å². The zero-order valence-electron chi connectivity index (χ0n) is 8.58. The van der Waals surface area contributed by atoms with Crippen LogP contribution in [-0.2, 0) is 0 Å². The fourth-order valence-corrected chi connectivity index (χ4v) is 2.27. The molecule has 0 aromatic carbocycles. The van der Waals surface area contributed by atoms with Crippen molar-refractivity contribution in [2.24, 2.45) is 11.3 Å². The largest absolute Gasteiger partial charge is 0.265 e. The standard InChI is InChI=1S/C10H19NO2/c1-3-10(8-11(12)13)6-4-9(2)5-7-10/h9H,3-8H2,1-2H3. The summed E-state index contributed by atoms with van der Waals surface area (Å²) >= 11 is 0. The molecule has 0 N–H and O–H groups in total. The molecule has 0 aliphatic heterocycles. The second-order valence-corrected chi connectivity index (χ2v) is 4.53. The van der Waals surface area contributed by atoms with E-state index in [0.29, 0.717) is 0 Å². The molecular weight excluding hydrogens is 166 g/mol. The minimum absolute atomic E-state index is 0.0238. The van der Waals surface area contributed by atoms with Crippen molar-refractivity contribution in [2.75, 3.05) is 6.54 Å². The van der Waals surface area contributed by atoms with Crippen LogP contribution in [0.3, 0.4) is 0 Å². The van der Waals surface area contributed by atoms with Crippen LogP contribution in [0.5, 0.6) is 0 Å². The summed E-state index contributed by atoms with van der Waals surface area (Å²) in [7, 11) is 0. The molecule has 1 rings (SSSR count).